The minimum absolute atomic E-state index is 0. The highest BCUT2D eigenvalue weighted by atomic mass is 127. The van der Waals surface area contributed by atoms with E-state index in [1.54, 1.807) is 19.0 Å². The summed E-state index contributed by atoms with van der Waals surface area (Å²) in [4.78, 5) is 20.5. The number of benzene rings is 1. The minimum atomic E-state index is 0. The van der Waals surface area contributed by atoms with Gasteiger partial charge in [0.05, 0.1) is 13.1 Å². The molecule has 0 aliphatic carbocycles. The summed E-state index contributed by atoms with van der Waals surface area (Å²) >= 11 is 0. The van der Waals surface area contributed by atoms with E-state index in [1.807, 2.05) is 30.3 Å². The lowest BCUT2D eigenvalue weighted by molar-refractivity contribution is -0.130. The maximum atomic E-state index is 11.9. The molecule has 1 saturated heterocycles. The Morgan fingerprint density at radius 3 is 2.47 bits per heavy atom. The summed E-state index contributed by atoms with van der Waals surface area (Å²) in [6.45, 7) is 7.97. The van der Waals surface area contributed by atoms with Gasteiger partial charge < -0.3 is 20.3 Å². The van der Waals surface area contributed by atoms with Crippen LogP contribution in [-0.2, 0) is 4.79 Å². The molecule has 1 aromatic rings. The summed E-state index contributed by atoms with van der Waals surface area (Å²) < 4.78 is 6.05. The van der Waals surface area contributed by atoms with Gasteiger partial charge >= 0.3 is 0 Å². The van der Waals surface area contributed by atoms with Gasteiger partial charge in [0.1, 0.15) is 11.9 Å². The van der Waals surface area contributed by atoms with Crippen LogP contribution in [0.25, 0.3) is 0 Å². The summed E-state index contributed by atoms with van der Waals surface area (Å²) in [6, 6.07) is 10.3. The van der Waals surface area contributed by atoms with Gasteiger partial charge in [0.2, 0.25) is 5.91 Å². The number of carbonyl (C=O) groups is 1. The van der Waals surface area contributed by atoms with E-state index in [-0.39, 0.29) is 36.0 Å². The van der Waals surface area contributed by atoms with Crippen LogP contribution in [-0.4, -0.2) is 80.6 Å². The third-order valence-electron chi connectivity index (χ3n) is 5.08. The number of amides is 1. The Kier molecular flexibility index (Phi) is 12.8. The van der Waals surface area contributed by atoms with E-state index in [0.29, 0.717) is 19.1 Å². The van der Waals surface area contributed by atoms with Crippen molar-refractivity contribution < 1.29 is 9.53 Å². The Balaban J connectivity index is 0.00000450. The van der Waals surface area contributed by atoms with Crippen LogP contribution in [0.2, 0.25) is 0 Å². The number of likely N-dealkylation sites (N-methyl/N-ethyl adjacent to an activating group) is 1. The summed E-state index contributed by atoms with van der Waals surface area (Å²) in [6.07, 6.45) is 2.95. The second-order valence-electron chi connectivity index (χ2n) is 7.66. The van der Waals surface area contributed by atoms with Crippen LogP contribution < -0.4 is 15.4 Å². The molecule has 0 spiro atoms. The average molecular weight is 531 g/mol. The third kappa shape index (κ3) is 9.51. The quantitative estimate of drug-likeness (QED) is 0.291. The van der Waals surface area contributed by atoms with Gasteiger partial charge in [-0.2, -0.15) is 0 Å². The fourth-order valence-electron chi connectivity index (χ4n) is 3.22. The van der Waals surface area contributed by atoms with Crippen molar-refractivity contribution in [2.75, 3.05) is 46.8 Å². The highest BCUT2D eigenvalue weighted by molar-refractivity contribution is 14.0. The molecule has 1 aliphatic rings. The molecule has 1 aromatic carbocycles. The Bertz CT molecular complexity index is 634. The van der Waals surface area contributed by atoms with Gasteiger partial charge in [-0.1, -0.05) is 25.1 Å². The SMILES string of the molecule is CCNC(=NCC(CC)Oc1ccccc1)NC1CCN(CC(=O)N(C)C)CC1.I. The molecule has 30 heavy (non-hydrogen) atoms. The van der Waals surface area contributed by atoms with Gasteiger partial charge in [0, 0.05) is 39.8 Å². The van der Waals surface area contributed by atoms with Crippen LogP contribution in [0.5, 0.6) is 5.75 Å². The molecule has 170 valence electrons. The standard InChI is InChI=1S/C22H37N5O2.HI/c1-5-19(29-20-10-8-7-9-11-20)16-24-22(23-6-2)25-18-12-14-27(15-13-18)17-21(28)26(3)4;/h7-11,18-19H,5-6,12-17H2,1-4H3,(H2,23,24,25);1H. The van der Waals surface area contributed by atoms with Gasteiger partial charge in [0.25, 0.3) is 0 Å². The molecule has 1 fully saturated rings. The van der Waals surface area contributed by atoms with Crippen molar-refractivity contribution in [3.05, 3.63) is 30.3 Å². The predicted molar refractivity (Wildman–Crippen MR) is 134 cm³/mol. The number of nitrogens with zero attached hydrogens (tertiary/aromatic N) is 3. The number of rotatable bonds is 9. The maximum absolute atomic E-state index is 11.9. The lowest BCUT2D eigenvalue weighted by Gasteiger charge is -2.33. The van der Waals surface area contributed by atoms with Gasteiger partial charge in [-0.25, -0.2) is 4.99 Å². The van der Waals surface area contributed by atoms with Crippen LogP contribution in [0.15, 0.2) is 35.3 Å². The Hall–Kier alpha value is -1.55. The Morgan fingerprint density at radius 2 is 1.90 bits per heavy atom. The first kappa shape index (κ1) is 26.5. The van der Waals surface area contributed by atoms with E-state index in [4.69, 9.17) is 9.73 Å². The molecule has 1 atom stereocenters. The van der Waals surface area contributed by atoms with Crippen molar-refractivity contribution in [2.24, 2.45) is 4.99 Å². The number of hydrogen-bond donors (Lipinski definition) is 2. The second kappa shape index (κ2) is 14.5. The van der Waals surface area contributed by atoms with Crippen molar-refractivity contribution in [1.29, 1.82) is 0 Å². The van der Waals surface area contributed by atoms with Gasteiger partial charge in [0.15, 0.2) is 5.96 Å². The molecule has 0 saturated carbocycles. The van der Waals surface area contributed by atoms with Gasteiger partial charge in [-0.3, -0.25) is 9.69 Å². The molecule has 1 heterocycles. The largest absolute Gasteiger partial charge is 0.489 e. The number of hydrogen-bond acceptors (Lipinski definition) is 4. The van der Waals surface area contributed by atoms with Crippen molar-refractivity contribution in [3.8, 4) is 5.75 Å². The first-order valence-electron chi connectivity index (χ1n) is 10.7. The number of carbonyl (C=O) groups excluding carboxylic acids is 1. The number of ether oxygens (including phenoxy) is 1. The van der Waals surface area contributed by atoms with E-state index in [9.17, 15) is 4.79 Å². The normalized spacial score (nSPS) is 16.3. The molecular weight excluding hydrogens is 493 g/mol. The zero-order valence-corrected chi connectivity index (χ0v) is 21.1. The van der Waals surface area contributed by atoms with Crippen LogP contribution in [0.3, 0.4) is 0 Å². The minimum Gasteiger partial charge on any atom is -0.489 e. The van der Waals surface area contributed by atoms with Crippen LogP contribution in [0.1, 0.15) is 33.1 Å². The van der Waals surface area contributed by atoms with Crippen LogP contribution >= 0.6 is 24.0 Å². The number of likely N-dealkylation sites (tertiary alicyclic amines) is 1. The summed E-state index contributed by atoms with van der Waals surface area (Å²) in [5, 5.41) is 6.90. The summed E-state index contributed by atoms with van der Waals surface area (Å²) in [5.41, 5.74) is 0. The zero-order chi connectivity index (χ0) is 21.1. The van der Waals surface area contributed by atoms with E-state index in [0.717, 1.165) is 50.6 Å². The number of guanidine groups is 1. The first-order valence-corrected chi connectivity index (χ1v) is 10.7. The second-order valence-corrected chi connectivity index (χ2v) is 7.66. The predicted octanol–water partition coefficient (Wildman–Crippen LogP) is 2.57. The lowest BCUT2D eigenvalue weighted by Crippen LogP contribution is -2.50. The van der Waals surface area contributed by atoms with Crippen LogP contribution in [0, 0.1) is 0 Å². The van der Waals surface area contributed by atoms with Gasteiger partial charge in [-0.05, 0) is 38.3 Å². The molecule has 2 N–H and O–H groups in total. The monoisotopic (exact) mass is 531 g/mol. The van der Waals surface area contributed by atoms with Crippen LogP contribution in [0.4, 0.5) is 0 Å². The third-order valence-corrected chi connectivity index (χ3v) is 5.08. The first-order chi connectivity index (χ1) is 14.0. The lowest BCUT2D eigenvalue weighted by atomic mass is 10.1. The molecular formula is C22H38IN5O2. The average Bonchev–Trinajstić information content (AvgIpc) is 2.73. The molecule has 8 heteroatoms. The number of para-hydroxylation sites is 1. The number of nitrogens with one attached hydrogen (secondary N) is 2. The molecule has 0 aromatic heterocycles. The molecule has 0 radical (unpaired) electrons. The number of aliphatic imine (C=N–C) groups is 1. The summed E-state index contributed by atoms with van der Waals surface area (Å²) in [7, 11) is 3.61. The van der Waals surface area contributed by atoms with E-state index in [1.165, 1.54) is 0 Å². The molecule has 2 rings (SSSR count). The smallest absolute Gasteiger partial charge is 0.236 e. The molecule has 1 aliphatic heterocycles. The fraction of sp³-hybridized carbons (Fsp3) is 0.636. The fourth-order valence-corrected chi connectivity index (χ4v) is 3.22. The summed E-state index contributed by atoms with van der Waals surface area (Å²) in [5.74, 6) is 1.88. The van der Waals surface area contributed by atoms with Crippen molar-refractivity contribution >= 4 is 35.8 Å². The van der Waals surface area contributed by atoms with Gasteiger partial charge in [-0.15, -0.1) is 24.0 Å². The maximum Gasteiger partial charge on any atom is 0.236 e. The van der Waals surface area contributed by atoms with E-state index in [2.05, 4.69) is 29.4 Å². The van der Waals surface area contributed by atoms with E-state index < -0.39 is 0 Å². The van der Waals surface area contributed by atoms with Crippen molar-refractivity contribution in [1.82, 2.24) is 20.4 Å². The number of halogens is 1. The van der Waals surface area contributed by atoms with Crippen molar-refractivity contribution in [2.45, 2.75) is 45.3 Å². The van der Waals surface area contributed by atoms with E-state index >= 15 is 0 Å². The molecule has 0 bridgehead atoms. The number of piperidine rings is 1. The Labute approximate surface area is 198 Å². The highest BCUT2D eigenvalue weighted by Crippen LogP contribution is 2.13. The molecule has 1 unspecified atom stereocenters. The highest BCUT2D eigenvalue weighted by Gasteiger charge is 2.22. The topological polar surface area (TPSA) is 69.2 Å². The van der Waals surface area contributed by atoms with Crippen molar-refractivity contribution in [3.63, 3.8) is 0 Å². The Morgan fingerprint density at radius 1 is 1.23 bits per heavy atom. The molecule has 7 nitrogen and oxygen atoms in total. The molecule has 1 amide bonds. The zero-order valence-electron chi connectivity index (χ0n) is 18.8.